The zero-order valence-corrected chi connectivity index (χ0v) is 37.5. The van der Waals surface area contributed by atoms with E-state index in [1.807, 2.05) is 27.7 Å². The third kappa shape index (κ3) is 11.8. The third-order valence-corrected chi connectivity index (χ3v) is 7.67. The molecule has 0 bridgehead atoms. The predicted molar refractivity (Wildman–Crippen MR) is 138 cm³/mol. The van der Waals surface area contributed by atoms with Gasteiger partial charge in [0, 0.05) is 119 Å². The van der Waals surface area contributed by atoms with Gasteiger partial charge in [0.15, 0.2) is 0 Å². The smallest absolute Gasteiger partial charge is 0.427 e. The number of carbonyl (C=O) groups excluding carboxylic acids is 1. The maximum atomic E-state index is 12.9. The molecule has 1 saturated carbocycles. The van der Waals surface area contributed by atoms with Crippen molar-refractivity contribution in [3.05, 3.63) is 42.9 Å². The zero-order chi connectivity index (χ0) is 28.6. The maximum Gasteiger partial charge on any atom is 0.427 e. The standard InChI is InChI=1S/C25H37N2O10P.2U.V.Y/c1-13(23(31)26-17-18(28)20(30)22-21(19(17)29)36-12-37-22)9-14-7-8-16(15(10-14)27-38(32,33)34)35-11-25(5,6)24(2,3)4;;;;/h7-11,17-22,28-30H,2,12H2,1,3-6H3,(H,26,31)(H3,27,32,33,34);;;;/q-2;;;;/b13-9+;;;;/t17-,18+,19-,20-,21+,22-;;;;/m1..../s1. The summed E-state index contributed by atoms with van der Waals surface area (Å²) in [6.45, 7) is 14.7. The molecule has 1 aromatic carbocycles. The van der Waals surface area contributed by atoms with Gasteiger partial charge >= 0.3 is 7.75 Å². The Morgan fingerprint density at radius 2 is 1.64 bits per heavy atom. The second kappa shape index (κ2) is 18.4. The number of benzene rings is 1. The van der Waals surface area contributed by atoms with E-state index in [2.05, 4.69) is 17.3 Å². The fraction of sp³-hybridized carbons (Fsp3) is 0.560. The molecule has 42 heavy (non-hydrogen) atoms. The first kappa shape index (κ1) is 45.9. The Morgan fingerprint density at radius 1 is 1.10 bits per heavy atom. The number of aliphatic hydroxyl groups excluding tert-OH is 3. The fourth-order valence-electron chi connectivity index (χ4n) is 3.89. The summed E-state index contributed by atoms with van der Waals surface area (Å²) in [5, 5.41) is 35.9. The molecule has 1 aliphatic heterocycles. The quantitative estimate of drug-likeness (QED) is 0.108. The molecule has 1 aliphatic carbocycles. The molecule has 2 aliphatic rings. The average molecular weight is 1170 g/mol. The number of ether oxygens (including phenoxy) is 3. The van der Waals surface area contributed by atoms with Crippen LogP contribution < -0.4 is 15.1 Å². The van der Waals surface area contributed by atoms with E-state index in [9.17, 15) is 34.5 Å². The van der Waals surface area contributed by atoms with Crippen molar-refractivity contribution in [2.75, 3.05) is 11.9 Å². The van der Waals surface area contributed by atoms with Crippen molar-refractivity contribution in [2.24, 2.45) is 10.8 Å². The molecule has 17 heteroatoms. The SMILES string of the molecule is [CH2-]C(C)(C)C(C)(C)[CH-]Oc1ccc(/C=C(\C)C(=O)N[C@@H]2[C@H](O)[C@@H](O)[C@H]3OCO[C@H]3[C@@H]2O)cc1NP(=O)(O)O.[U].[U].[V].[Y]. The average Bonchev–Trinajstić information content (AvgIpc) is 3.28. The molecule has 1 saturated heterocycles. The molecular formula is C25H37N2O10PU2VY-2. The zero-order valence-electron chi connectivity index (χ0n) is 24.0. The Hall–Kier alpha value is 1.77. The minimum Gasteiger partial charge on any atom is -0.661 e. The second-order valence-corrected chi connectivity index (χ2v) is 12.2. The number of hydrogen-bond acceptors (Lipinski definition) is 8. The van der Waals surface area contributed by atoms with Gasteiger partial charge in [-0.3, -0.25) is 9.88 Å². The summed E-state index contributed by atoms with van der Waals surface area (Å²) < 4.78 is 27.9. The summed E-state index contributed by atoms with van der Waals surface area (Å²) in [5.74, 6) is -0.490. The Bertz CT molecular complexity index is 1120. The monoisotopic (exact) mass is 1170 g/mol. The summed E-state index contributed by atoms with van der Waals surface area (Å²) in [6, 6.07) is 3.28. The van der Waals surface area contributed by atoms with E-state index in [1.54, 1.807) is 12.7 Å². The maximum absolute atomic E-state index is 12.9. The van der Waals surface area contributed by atoms with Crippen LogP contribution in [0.3, 0.4) is 0 Å². The number of hydrogen-bond donors (Lipinski definition) is 7. The van der Waals surface area contributed by atoms with Crippen LogP contribution >= 0.6 is 7.75 Å². The van der Waals surface area contributed by atoms with Gasteiger partial charge in [-0.25, -0.2) is 4.57 Å². The molecular weight excluding hydrogens is 1140 g/mol. The van der Waals surface area contributed by atoms with Gasteiger partial charge in [0.1, 0.15) is 43.1 Å². The van der Waals surface area contributed by atoms with Gasteiger partial charge in [-0.1, -0.05) is 33.8 Å². The van der Waals surface area contributed by atoms with Crippen molar-refractivity contribution < 1.29 is 162 Å². The van der Waals surface area contributed by atoms with Gasteiger partial charge in [-0.2, -0.15) is 17.4 Å². The Morgan fingerprint density at radius 3 is 2.17 bits per heavy atom. The molecule has 6 atom stereocenters. The molecule has 7 N–H and O–H groups in total. The fourth-order valence-corrected chi connectivity index (χ4v) is 4.38. The van der Waals surface area contributed by atoms with Gasteiger partial charge < -0.3 is 51.6 Å². The van der Waals surface area contributed by atoms with Gasteiger partial charge in [0.2, 0.25) is 5.91 Å². The third-order valence-electron chi connectivity index (χ3n) is 7.14. The Balaban J connectivity index is 0. The number of carbonyl (C=O) groups is 1. The molecule has 0 aromatic heterocycles. The van der Waals surface area contributed by atoms with E-state index in [1.165, 1.54) is 25.1 Å². The van der Waals surface area contributed by atoms with Crippen molar-refractivity contribution in [1.29, 1.82) is 0 Å². The predicted octanol–water partition coefficient (Wildman–Crippen LogP) is 1.34. The molecule has 1 amide bonds. The number of nitrogens with one attached hydrogen (secondary N) is 2. The number of anilines is 1. The van der Waals surface area contributed by atoms with Crippen LogP contribution in [0.25, 0.3) is 6.08 Å². The minimum absolute atomic E-state index is 0. The number of rotatable bonds is 9. The Labute approximate surface area is 331 Å². The first-order valence-corrected chi connectivity index (χ1v) is 13.6. The van der Waals surface area contributed by atoms with Gasteiger partial charge in [0.05, 0.1) is 11.7 Å². The Kier molecular flexibility index (Phi) is 20.1. The van der Waals surface area contributed by atoms with Crippen LogP contribution in [0.4, 0.5) is 5.69 Å². The largest absolute Gasteiger partial charge is 0.661 e. The van der Waals surface area contributed by atoms with Crippen LogP contribution in [0, 0.1) is 86.6 Å². The van der Waals surface area contributed by atoms with Crippen LogP contribution in [0.15, 0.2) is 23.8 Å². The van der Waals surface area contributed by atoms with Crippen molar-refractivity contribution in [2.45, 2.75) is 71.2 Å². The van der Waals surface area contributed by atoms with Crippen molar-refractivity contribution in [3.63, 3.8) is 0 Å². The van der Waals surface area contributed by atoms with Crippen LogP contribution in [-0.4, -0.2) is 74.4 Å². The molecule has 1 heterocycles. The molecule has 3 rings (SSSR count). The van der Waals surface area contributed by atoms with E-state index < -0.39 is 61.0 Å². The van der Waals surface area contributed by atoms with Crippen molar-refractivity contribution in [3.8, 4) is 5.75 Å². The molecule has 0 spiro atoms. The normalized spacial score (nSPS) is 25.8. The van der Waals surface area contributed by atoms with Crippen LogP contribution in [-0.2, 0) is 70.1 Å². The second-order valence-electron chi connectivity index (χ2n) is 10.9. The topological polar surface area (TPSA) is 187 Å². The first-order valence-electron chi connectivity index (χ1n) is 12.0. The van der Waals surface area contributed by atoms with Crippen LogP contribution in [0.2, 0.25) is 0 Å². The van der Waals surface area contributed by atoms with E-state index in [4.69, 9.17) is 14.2 Å². The first-order chi connectivity index (χ1) is 17.4. The van der Waals surface area contributed by atoms with E-state index in [0.29, 0.717) is 5.56 Å². The number of amides is 1. The van der Waals surface area contributed by atoms with E-state index >= 15 is 0 Å². The molecule has 2 radical (unpaired) electrons. The summed E-state index contributed by atoms with van der Waals surface area (Å²) >= 11 is 0. The van der Waals surface area contributed by atoms with Crippen LogP contribution in [0.5, 0.6) is 5.75 Å². The molecule has 230 valence electrons. The van der Waals surface area contributed by atoms with Gasteiger partial charge in [-0.15, -0.1) is 0 Å². The summed E-state index contributed by atoms with van der Waals surface area (Å²) in [4.78, 5) is 31.8. The van der Waals surface area contributed by atoms with Crippen molar-refractivity contribution >= 4 is 25.4 Å². The number of aliphatic hydroxyl groups is 3. The molecule has 0 unspecified atom stereocenters. The molecule has 2 fully saturated rings. The molecule has 1 aromatic rings. The van der Waals surface area contributed by atoms with Crippen molar-refractivity contribution in [1.82, 2.24) is 5.32 Å². The summed E-state index contributed by atoms with van der Waals surface area (Å²) in [5.41, 5.74) is -0.316. The number of fused-ring (bicyclic) bond motifs is 1. The molecule has 12 nitrogen and oxygen atoms in total. The summed E-state index contributed by atoms with van der Waals surface area (Å²) in [6.07, 6.45) is -4.56. The van der Waals surface area contributed by atoms with Gasteiger partial charge in [-0.05, 0) is 30.7 Å². The van der Waals surface area contributed by atoms with Gasteiger partial charge in [0.25, 0.3) is 0 Å². The van der Waals surface area contributed by atoms with E-state index in [-0.39, 0.29) is 137 Å². The summed E-state index contributed by atoms with van der Waals surface area (Å²) in [7, 11) is -4.70. The van der Waals surface area contributed by atoms with E-state index in [0.717, 1.165) is 0 Å². The minimum atomic E-state index is -4.70. The van der Waals surface area contributed by atoms with Crippen LogP contribution in [0.1, 0.15) is 40.2 Å².